The summed E-state index contributed by atoms with van der Waals surface area (Å²) in [5.74, 6) is -0.963. The number of nitro groups is 1. The third-order valence-electron chi connectivity index (χ3n) is 4.31. The first-order valence-corrected chi connectivity index (χ1v) is 8.54. The van der Waals surface area contributed by atoms with Gasteiger partial charge in [-0.15, -0.1) is 0 Å². The van der Waals surface area contributed by atoms with Crippen LogP contribution in [0, 0.1) is 10.1 Å². The van der Waals surface area contributed by atoms with Gasteiger partial charge >= 0.3 is 5.97 Å². The van der Waals surface area contributed by atoms with Gasteiger partial charge in [0.2, 0.25) is 0 Å². The number of methoxy groups -OCH3 is 1. The minimum absolute atomic E-state index is 0.0344. The minimum Gasteiger partial charge on any atom is -0.466 e. The van der Waals surface area contributed by atoms with E-state index >= 15 is 0 Å². The van der Waals surface area contributed by atoms with Crippen LogP contribution in [0.3, 0.4) is 0 Å². The van der Waals surface area contributed by atoms with Crippen molar-refractivity contribution in [3.63, 3.8) is 0 Å². The molecule has 1 unspecified atom stereocenters. The number of hydrogen-bond acceptors (Lipinski definition) is 7. The van der Waals surface area contributed by atoms with Crippen LogP contribution in [0.15, 0.2) is 52.0 Å². The maximum atomic E-state index is 12.5. The SMILES string of the molecule is CCON=CCC1=C(C)NC(C)=C(C(=O)OC)C1c1cccc([N+](=O)[O-])c1. The molecule has 8 heteroatoms. The number of rotatable bonds is 7. The molecule has 1 N–H and O–H groups in total. The molecule has 0 aromatic heterocycles. The molecule has 1 aromatic carbocycles. The average Bonchev–Trinajstić information content (AvgIpc) is 2.65. The van der Waals surface area contributed by atoms with Crippen molar-refractivity contribution in [2.75, 3.05) is 13.7 Å². The Hall–Kier alpha value is -3.16. The maximum Gasteiger partial charge on any atom is 0.336 e. The van der Waals surface area contributed by atoms with E-state index in [2.05, 4.69) is 10.5 Å². The summed E-state index contributed by atoms with van der Waals surface area (Å²) >= 11 is 0. The molecule has 0 amide bonds. The third-order valence-corrected chi connectivity index (χ3v) is 4.31. The minimum atomic E-state index is -0.483. The second-order valence-corrected chi connectivity index (χ2v) is 6.00. The molecule has 144 valence electrons. The number of benzene rings is 1. The standard InChI is InChI=1S/C19H23N3O5/c1-5-27-20-10-9-16-12(2)21-13(3)17(19(23)26-4)18(16)14-7-6-8-15(11-14)22(24)25/h6-8,10-11,18,21H,5,9H2,1-4H3. The molecule has 0 saturated heterocycles. The van der Waals surface area contributed by atoms with Crippen molar-refractivity contribution in [3.05, 3.63) is 62.5 Å². The van der Waals surface area contributed by atoms with E-state index in [9.17, 15) is 14.9 Å². The zero-order valence-corrected chi connectivity index (χ0v) is 15.8. The molecule has 0 bridgehead atoms. The van der Waals surface area contributed by atoms with Gasteiger partial charge in [-0.05, 0) is 31.9 Å². The van der Waals surface area contributed by atoms with E-state index in [0.29, 0.717) is 29.9 Å². The Morgan fingerprint density at radius 1 is 1.37 bits per heavy atom. The van der Waals surface area contributed by atoms with E-state index in [1.165, 1.54) is 19.2 Å². The number of nitrogens with one attached hydrogen (secondary N) is 1. The van der Waals surface area contributed by atoms with Gasteiger partial charge in [-0.25, -0.2) is 4.79 Å². The van der Waals surface area contributed by atoms with Crippen molar-refractivity contribution in [1.82, 2.24) is 5.32 Å². The van der Waals surface area contributed by atoms with Gasteiger partial charge in [0.05, 0.1) is 17.6 Å². The van der Waals surface area contributed by atoms with Crippen LogP contribution < -0.4 is 5.32 Å². The highest BCUT2D eigenvalue weighted by molar-refractivity contribution is 5.93. The number of carbonyl (C=O) groups is 1. The molecule has 0 radical (unpaired) electrons. The van der Waals surface area contributed by atoms with Crippen molar-refractivity contribution >= 4 is 17.9 Å². The fourth-order valence-corrected chi connectivity index (χ4v) is 3.14. The first-order valence-electron chi connectivity index (χ1n) is 8.54. The van der Waals surface area contributed by atoms with E-state index in [-0.39, 0.29) is 5.69 Å². The lowest BCUT2D eigenvalue weighted by Gasteiger charge is -2.31. The van der Waals surface area contributed by atoms with Gasteiger partial charge in [0.1, 0.15) is 6.61 Å². The van der Waals surface area contributed by atoms with Gasteiger partial charge in [-0.2, -0.15) is 0 Å². The average molecular weight is 373 g/mol. The predicted octanol–water partition coefficient (Wildman–Crippen LogP) is 3.42. The summed E-state index contributed by atoms with van der Waals surface area (Å²) in [6, 6.07) is 6.29. The Balaban J connectivity index is 2.56. The van der Waals surface area contributed by atoms with Crippen LogP contribution in [0.5, 0.6) is 0 Å². The lowest BCUT2D eigenvalue weighted by atomic mass is 9.79. The second-order valence-electron chi connectivity index (χ2n) is 6.00. The second kappa shape index (κ2) is 8.98. The predicted molar refractivity (Wildman–Crippen MR) is 101 cm³/mol. The first kappa shape index (κ1) is 20.2. The van der Waals surface area contributed by atoms with E-state index in [1.807, 2.05) is 13.8 Å². The van der Waals surface area contributed by atoms with E-state index < -0.39 is 16.8 Å². The van der Waals surface area contributed by atoms with Crippen LogP contribution in [0.1, 0.15) is 38.7 Å². The van der Waals surface area contributed by atoms with Crippen molar-refractivity contribution in [2.45, 2.75) is 33.1 Å². The molecule has 0 saturated carbocycles. The number of carbonyl (C=O) groups excluding carboxylic acids is 1. The number of allylic oxidation sites excluding steroid dienone is 3. The molecule has 1 aromatic rings. The van der Waals surface area contributed by atoms with Gasteiger partial charge in [-0.3, -0.25) is 10.1 Å². The van der Waals surface area contributed by atoms with Crippen LogP contribution >= 0.6 is 0 Å². The Kier molecular flexibility index (Phi) is 6.70. The number of hydrogen-bond donors (Lipinski definition) is 1. The van der Waals surface area contributed by atoms with Crippen molar-refractivity contribution in [3.8, 4) is 0 Å². The summed E-state index contributed by atoms with van der Waals surface area (Å²) in [4.78, 5) is 28.2. The first-order chi connectivity index (χ1) is 12.9. The number of ether oxygens (including phenoxy) is 1. The molecule has 1 atom stereocenters. The quantitative estimate of drug-likeness (QED) is 0.340. The lowest BCUT2D eigenvalue weighted by molar-refractivity contribution is -0.384. The molecule has 27 heavy (non-hydrogen) atoms. The largest absolute Gasteiger partial charge is 0.466 e. The number of nitro benzene ring substituents is 1. The number of dihydropyridines is 1. The van der Waals surface area contributed by atoms with Crippen LogP contribution in [0.2, 0.25) is 0 Å². The van der Waals surface area contributed by atoms with Crippen LogP contribution in [0.4, 0.5) is 5.69 Å². The molecule has 1 aliphatic rings. The highest BCUT2D eigenvalue weighted by atomic mass is 16.6. The molecule has 0 aliphatic carbocycles. The van der Waals surface area contributed by atoms with Gasteiger partial charge in [-0.1, -0.05) is 17.3 Å². The van der Waals surface area contributed by atoms with E-state index in [4.69, 9.17) is 9.57 Å². The van der Waals surface area contributed by atoms with Crippen LogP contribution in [-0.2, 0) is 14.4 Å². The molecular formula is C19H23N3O5. The van der Waals surface area contributed by atoms with E-state index in [0.717, 1.165) is 11.3 Å². The van der Waals surface area contributed by atoms with Gasteiger partial charge < -0.3 is 14.9 Å². The third kappa shape index (κ3) is 4.52. The Morgan fingerprint density at radius 3 is 2.74 bits per heavy atom. The zero-order chi connectivity index (χ0) is 20.0. The molecule has 0 spiro atoms. The molecular weight excluding hydrogens is 350 g/mol. The highest BCUT2D eigenvalue weighted by Crippen LogP contribution is 2.40. The topological polar surface area (TPSA) is 103 Å². The Morgan fingerprint density at radius 2 is 2.11 bits per heavy atom. The molecule has 8 nitrogen and oxygen atoms in total. The number of oxime groups is 1. The zero-order valence-electron chi connectivity index (χ0n) is 15.8. The fraction of sp³-hybridized carbons (Fsp3) is 0.368. The molecule has 1 heterocycles. The number of nitrogens with zero attached hydrogens (tertiary/aromatic N) is 2. The van der Waals surface area contributed by atoms with E-state index in [1.54, 1.807) is 25.3 Å². The number of esters is 1. The van der Waals surface area contributed by atoms with Gasteiger partial charge in [0.15, 0.2) is 0 Å². The van der Waals surface area contributed by atoms with Crippen molar-refractivity contribution < 1.29 is 19.3 Å². The molecule has 0 fully saturated rings. The van der Waals surface area contributed by atoms with Crippen molar-refractivity contribution in [2.24, 2.45) is 5.16 Å². The molecule has 2 rings (SSSR count). The van der Waals surface area contributed by atoms with Gasteiger partial charge in [0, 0.05) is 42.1 Å². The Bertz CT molecular complexity index is 826. The summed E-state index contributed by atoms with van der Waals surface area (Å²) < 4.78 is 4.96. The van der Waals surface area contributed by atoms with Crippen LogP contribution in [0.25, 0.3) is 0 Å². The summed E-state index contributed by atoms with van der Waals surface area (Å²) in [6.45, 7) is 5.96. The molecule has 1 aliphatic heterocycles. The Labute approximate surface area is 157 Å². The highest BCUT2D eigenvalue weighted by Gasteiger charge is 2.33. The summed E-state index contributed by atoms with van der Waals surface area (Å²) in [6.07, 6.45) is 2.03. The lowest BCUT2D eigenvalue weighted by Crippen LogP contribution is -2.29. The maximum absolute atomic E-state index is 12.5. The van der Waals surface area contributed by atoms with Crippen LogP contribution in [-0.4, -0.2) is 30.8 Å². The van der Waals surface area contributed by atoms with Gasteiger partial charge in [0.25, 0.3) is 5.69 Å². The fourth-order valence-electron chi connectivity index (χ4n) is 3.14. The van der Waals surface area contributed by atoms with Crippen molar-refractivity contribution in [1.29, 1.82) is 0 Å². The smallest absolute Gasteiger partial charge is 0.336 e. The normalized spacial score (nSPS) is 17.1. The monoisotopic (exact) mass is 373 g/mol. The number of non-ortho nitro benzene ring substituents is 1. The summed E-state index contributed by atoms with van der Waals surface area (Å²) in [5.41, 5.74) is 3.41. The summed E-state index contributed by atoms with van der Waals surface area (Å²) in [5, 5.41) is 18.3. The summed E-state index contributed by atoms with van der Waals surface area (Å²) in [7, 11) is 1.31.